The number of thioether (sulfide) groups is 1. The maximum Gasteiger partial charge on any atom is 0.257 e. The van der Waals surface area contributed by atoms with E-state index in [0.717, 1.165) is 21.6 Å². The fourth-order valence-electron chi connectivity index (χ4n) is 2.47. The summed E-state index contributed by atoms with van der Waals surface area (Å²) in [5.41, 5.74) is 7.80. The molecule has 2 aromatic heterocycles. The van der Waals surface area contributed by atoms with Crippen molar-refractivity contribution in [1.29, 1.82) is 0 Å². The molecule has 3 N–H and O–H groups in total. The largest absolute Gasteiger partial charge is 0.369 e. The summed E-state index contributed by atoms with van der Waals surface area (Å²) < 4.78 is 1.68. The second-order valence-electron chi connectivity index (χ2n) is 5.51. The number of nitrogens with zero attached hydrogens (tertiary/aromatic N) is 3. The highest BCUT2D eigenvalue weighted by Gasteiger charge is 2.13. The van der Waals surface area contributed by atoms with Gasteiger partial charge in [-0.15, -0.1) is 11.8 Å². The molecule has 25 heavy (non-hydrogen) atoms. The summed E-state index contributed by atoms with van der Waals surface area (Å²) >= 11 is 1.28. The number of pyridine rings is 1. The minimum Gasteiger partial charge on any atom is -0.369 e. The maximum atomic E-state index is 12.6. The molecule has 0 aliphatic rings. The van der Waals surface area contributed by atoms with Crippen LogP contribution in [0.1, 0.15) is 16.1 Å². The molecule has 0 aliphatic heterocycles. The lowest BCUT2D eigenvalue weighted by Gasteiger charge is -2.10. The van der Waals surface area contributed by atoms with E-state index >= 15 is 0 Å². The zero-order valence-electron chi connectivity index (χ0n) is 13.8. The third kappa shape index (κ3) is 3.63. The van der Waals surface area contributed by atoms with E-state index in [9.17, 15) is 9.59 Å². The number of primary amides is 1. The van der Waals surface area contributed by atoms with Crippen molar-refractivity contribution in [3.63, 3.8) is 0 Å². The van der Waals surface area contributed by atoms with Crippen LogP contribution in [0.5, 0.6) is 0 Å². The topological polar surface area (TPSA) is 103 Å². The lowest BCUT2D eigenvalue weighted by Crippen LogP contribution is -2.15. The molecule has 0 radical (unpaired) electrons. The molecule has 0 unspecified atom stereocenters. The van der Waals surface area contributed by atoms with Gasteiger partial charge in [0.05, 0.1) is 22.7 Å². The van der Waals surface area contributed by atoms with Crippen LogP contribution in [0.25, 0.3) is 11.0 Å². The van der Waals surface area contributed by atoms with Crippen LogP contribution in [-0.4, -0.2) is 32.3 Å². The molecule has 3 aromatic rings. The molecule has 0 saturated heterocycles. The van der Waals surface area contributed by atoms with Gasteiger partial charge in [0.2, 0.25) is 5.91 Å². The Morgan fingerprint density at radius 3 is 2.84 bits per heavy atom. The number of aryl methyl sites for hydroxylation is 2. The lowest BCUT2D eigenvalue weighted by atomic mass is 10.2. The van der Waals surface area contributed by atoms with Gasteiger partial charge in [-0.3, -0.25) is 14.3 Å². The predicted octanol–water partition coefficient (Wildman–Crippen LogP) is 2.11. The van der Waals surface area contributed by atoms with Crippen molar-refractivity contribution in [2.24, 2.45) is 12.8 Å². The normalized spacial score (nSPS) is 10.8. The van der Waals surface area contributed by atoms with Gasteiger partial charge in [0.1, 0.15) is 0 Å². The molecule has 1 aromatic carbocycles. The van der Waals surface area contributed by atoms with Crippen LogP contribution >= 0.6 is 11.8 Å². The van der Waals surface area contributed by atoms with Gasteiger partial charge in [0.15, 0.2) is 5.65 Å². The monoisotopic (exact) mass is 355 g/mol. The van der Waals surface area contributed by atoms with E-state index in [2.05, 4.69) is 15.4 Å². The van der Waals surface area contributed by atoms with Gasteiger partial charge in [-0.05, 0) is 25.1 Å². The summed E-state index contributed by atoms with van der Waals surface area (Å²) in [6.07, 6.45) is 1.53. The molecule has 0 atom stereocenters. The number of amides is 2. The molecule has 7 nitrogen and oxygen atoms in total. The fraction of sp³-hybridized carbons (Fsp3) is 0.176. The average molecular weight is 355 g/mol. The number of benzene rings is 1. The van der Waals surface area contributed by atoms with Crippen LogP contribution in [0.3, 0.4) is 0 Å². The number of aromatic nitrogens is 3. The second-order valence-corrected chi connectivity index (χ2v) is 6.53. The van der Waals surface area contributed by atoms with Crippen molar-refractivity contribution in [2.45, 2.75) is 11.8 Å². The van der Waals surface area contributed by atoms with Crippen LogP contribution in [0, 0.1) is 6.92 Å². The smallest absolute Gasteiger partial charge is 0.257 e. The third-order valence-electron chi connectivity index (χ3n) is 3.63. The number of carbonyl (C=O) groups excluding carboxylic acids is 2. The van der Waals surface area contributed by atoms with Crippen molar-refractivity contribution >= 4 is 40.3 Å². The van der Waals surface area contributed by atoms with Gasteiger partial charge < -0.3 is 11.1 Å². The Balaban J connectivity index is 1.85. The summed E-state index contributed by atoms with van der Waals surface area (Å²) in [5, 5.41) is 8.01. The van der Waals surface area contributed by atoms with E-state index in [0.29, 0.717) is 11.3 Å². The van der Waals surface area contributed by atoms with Crippen molar-refractivity contribution in [3.8, 4) is 0 Å². The molecule has 0 spiro atoms. The molecule has 2 amide bonds. The summed E-state index contributed by atoms with van der Waals surface area (Å²) in [7, 11) is 1.81. The highest BCUT2D eigenvalue weighted by atomic mass is 32.2. The number of hydrogen-bond donors (Lipinski definition) is 2. The van der Waals surface area contributed by atoms with Crippen molar-refractivity contribution in [1.82, 2.24) is 14.8 Å². The minimum atomic E-state index is -0.409. The number of hydrogen-bond acceptors (Lipinski definition) is 5. The Labute approximate surface area is 148 Å². The van der Waals surface area contributed by atoms with E-state index in [1.54, 1.807) is 16.8 Å². The summed E-state index contributed by atoms with van der Waals surface area (Å²) in [5.74, 6) is -0.535. The Hall–Kier alpha value is -2.87. The minimum absolute atomic E-state index is 0.148. The molecule has 0 fully saturated rings. The molecule has 2 heterocycles. The first-order valence-corrected chi connectivity index (χ1v) is 8.55. The summed E-state index contributed by atoms with van der Waals surface area (Å²) in [4.78, 5) is 28.7. The molecule has 0 saturated carbocycles. The first-order valence-electron chi connectivity index (χ1n) is 7.56. The molecular formula is C17H17N5O2S. The lowest BCUT2D eigenvalue weighted by molar-refractivity contribution is -0.115. The van der Waals surface area contributed by atoms with E-state index in [1.165, 1.54) is 18.0 Å². The van der Waals surface area contributed by atoms with Crippen LogP contribution in [-0.2, 0) is 11.8 Å². The molecule has 8 heteroatoms. The molecular weight excluding hydrogens is 338 g/mol. The number of anilines is 1. The van der Waals surface area contributed by atoms with Crippen LogP contribution in [0.4, 0.5) is 5.69 Å². The summed E-state index contributed by atoms with van der Waals surface area (Å²) in [6, 6.07) is 9.04. The van der Waals surface area contributed by atoms with E-state index < -0.39 is 5.91 Å². The van der Waals surface area contributed by atoms with Gasteiger partial charge in [0.25, 0.3) is 5.91 Å². The van der Waals surface area contributed by atoms with E-state index in [-0.39, 0.29) is 11.7 Å². The third-order valence-corrected chi connectivity index (χ3v) is 4.73. The Morgan fingerprint density at radius 1 is 1.32 bits per heavy atom. The first-order chi connectivity index (χ1) is 12.0. The van der Waals surface area contributed by atoms with Crippen molar-refractivity contribution < 1.29 is 9.59 Å². The van der Waals surface area contributed by atoms with Crippen LogP contribution in [0.15, 0.2) is 41.4 Å². The maximum absolute atomic E-state index is 12.6. The molecule has 0 bridgehead atoms. The Kier molecular flexibility index (Phi) is 4.71. The van der Waals surface area contributed by atoms with Gasteiger partial charge in [-0.2, -0.15) is 5.10 Å². The van der Waals surface area contributed by atoms with E-state index in [1.807, 2.05) is 32.2 Å². The number of nitrogens with one attached hydrogen (secondary N) is 1. The quantitative estimate of drug-likeness (QED) is 0.682. The van der Waals surface area contributed by atoms with Crippen LogP contribution < -0.4 is 11.1 Å². The fourth-order valence-corrected chi connectivity index (χ4v) is 3.22. The van der Waals surface area contributed by atoms with Crippen molar-refractivity contribution in [2.75, 3.05) is 11.1 Å². The molecule has 0 aliphatic carbocycles. The van der Waals surface area contributed by atoms with Gasteiger partial charge in [-0.25, -0.2) is 4.98 Å². The Morgan fingerprint density at radius 2 is 2.08 bits per heavy atom. The highest BCUT2D eigenvalue weighted by Crippen LogP contribution is 2.27. The summed E-state index contributed by atoms with van der Waals surface area (Å²) in [6.45, 7) is 1.88. The molecule has 128 valence electrons. The number of para-hydroxylation sites is 1. The number of fused-ring (bicyclic) bond motifs is 1. The zero-order valence-corrected chi connectivity index (χ0v) is 14.6. The number of carbonyl (C=O) groups is 2. The van der Waals surface area contributed by atoms with Crippen molar-refractivity contribution in [3.05, 3.63) is 47.8 Å². The number of rotatable bonds is 5. The SMILES string of the molecule is Cc1nn(C)c2ncc(C(=O)Nc3ccccc3SCC(N)=O)cc12. The van der Waals surface area contributed by atoms with Gasteiger partial charge in [-0.1, -0.05) is 12.1 Å². The Bertz CT molecular complexity index is 967. The molecule has 3 rings (SSSR count). The average Bonchev–Trinajstić information content (AvgIpc) is 2.88. The second kappa shape index (κ2) is 6.94. The van der Waals surface area contributed by atoms with E-state index in [4.69, 9.17) is 5.73 Å². The van der Waals surface area contributed by atoms with Gasteiger partial charge >= 0.3 is 0 Å². The zero-order chi connectivity index (χ0) is 18.0. The van der Waals surface area contributed by atoms with Crippen LogP contribution in [0.2, 0.25) is 0 Å². The predicted molar refractivity (Wildman–Crippen MR) is 97.6 cm³/mol. The van der Waals surface area contributed by atoms with Gasteiger partial charge in [0, 0.05) is 23.5 Å². The number of nitrogens with two attached hydrogens (primary N) is 1. The first kappa shape index (κ1) is 17.0. The highest BCUT2D eigenvalue weighted by molar-refractivity contribution is 8.00. The standard InChI is InChI=1S/C17H17N5O2S/c1-10-12-7-11(8-19-16(12)22(2)21-10)17(24)20-13-5-3-4-6-14(13)25-9-15(18)23/h3-8H,9H2,1-2H3,(H2,18,23)(H,20,24).